The summed E-state index contributed by atoms with van der Waals surface area (Å²) in [5.74, 6) is -0.931. The van der Waals surface area contributed by atoms with Gasteiger partial charge >= 0.3 is 5.97 Å². The van der Waals surface area contributed by atoms with Crippen LogP contribution in [0.4, 0.5) is 11.4 Å². The van der Waals surface area contributed by atoms with Crippen molar-refractivity contribution in [3.8, 4) is 0 Å². The predicted molar refractivity (Wildman–Crippen MR) is 111 cm³/mol. The third kappa shape index (κ3) is 4.85. The first kappa shape index (κ1) is 19.8. The Morgan fingerprint density at radius 1 is 0.893 bits per heavy atom. The van der Waals surface area contributed by atoms with Gasteiger partial charge in [-0.2, -0.15) is 0 Å². The number of carbonyl (C=O) groups is 1. The third-order valence-corrected chi connectivity index (χ3v) is 5.17. The van der Waals surface area contributed by atoms with Crippen molar-refractivity contribution in [2.75, 3.05) is 4.31 Å². The molecule has 0 aliphatic rings. The molecule has 0 aromatic heterocycles. The number of aromatic carboxylic acids is 1. The summed E-state index contributed by atoms with van der Waals surface area (Å²) in [5, 5.41) is 9.08. The molecule has 0 bridgehead atoms. The van der Waals surface area contributed by atoms with Crippen LogP contribution in [0.1, 0.15) is 27.0 Å². The fourth-order valence-corrected chi connectivity index (χ4v) is 3.63. The summed E-state index contributed by atoms with van der Waals surface area (Å²) in [7, 11) is 0. The molecule has 5 nitrogen and oxygen atoms in total. The topological polar surface area (TPSA) is 77.8 Å². The van der Waals surface area contributed by atoms with E-state index < -0.39 is 17.2 Å². The van der Waals surface area contributed by atoms with E-state index in [0.29, 0.717) is 17.8 Å². The van der Waals surface area contributed by atoms with E-state index in [-0.39, 0.29) is 5.56 Å². The van der Waals surface area contributed by atoms with Crippen LogP contribution in [0.2, 0.25) is 0 Å². The maximum Gasteiger partial charge on any atom is 0.335 e. The predicted octanol–water partition coefficient (Wildman–Crippen LogP) is 4.75. The van der Waals surface area contributed by atoms with E-state index in [0.717, 1.165) is 23.1 Å². The number of nitrogens with zero attached hydrogens (tertiary/aromatic N) is 1. The van der Waals surface area contributed by atoms with Gasteiger partial charge in [0.1, 0.15) is 0 Å². The molecule has 144 valence electrons. The molecule has 3 aromatic rings. The van der Waals surface area contributed by atoms with Gasteiger partial charge in [0.25, 0.3) is 11.3 Å². The van der Waals surface area contributed by atoms with Gasteiger partial charge in [-0.05, 0) is 72.9 Å². The summed E-state index contributed by atoms with van der Waals surface area (Å²) in [6.07, 6.45) is 1.46. The normalized spacial score (nSPS) is 11.8. The molecule has 0 heterocycles. The summed E-state index contributed by atoms with van der Waals surface area (Å²) in [6, 6.07) is 21.8. The van der Waals surface area contributed by atoms with Crippen molar-refractivity contribution in [3.63, 3.8) is 0 Å². The van der Waals surface area contributed by atoms with Crippen LogP contribution in [0.3, 0.4) is 0 Å². The van der Waals surface area contributed by atoms with Crippen LogP contribution in [-0.2, 0) is 24.1 Å². The number of rotatable bonds is 7. The van der Waals surface area contributed by atoms with E-state index in [4.69, 9.17) is 5.11 Å². The lowest BCUT2D eigenvalue weighted by atomic mass is 10.0. The van der Waals surface area contributed by atoms with Crippen LogP contribution >= 0.6 is 0 Å². The maximum absolute atomic E-state index is 11.9. The second-order valence-corrected chi connectivity index (χ2v) is 7.36. The Kier molecular flexibility index (Phi) is 6.23. The number of anilines is 2. The highest BCUT2D eigenvalue weighted by Crippen LogP contribution is 2.28. The molecule has 0 aliphatic carbocycles. The van der Waals surface area contributed by atoms with Crippen LogP contribution in [0.15, 0.2) is 72.8 Å². The average Bonchev–Trinajstić information content (AvgIpc) is 2.67. The van der Waals surface area contributed by atoms with Crippen molar-refractivity contribution in [2.45, 2.75) is 19.8 Å². The molecule has 0 saturated carbocycles. The van der Waals surface area contributed by atoms with Gasteiger partial charge < -0.3 is 5.11 Å². The molecule has 1 unspecified atom stereocenters. The zero-order valence-electron chi connectivity index (χ0n) is 15.4. The van der Waals surface area contributed by atoms with Gasteiger partial charge in [-0.25, -0.2) is 13.3 Å². The van der Waals surface area contributed by atoms with Crippen molar-refractivity contribution >= 4 is 28.6 Å². The Labute approximate surface area is 166 Å². The first-order valence-electron chi connectivity index (χ1n) is 8.83. The third-order valence-electron chi connectivity index (χ3n) is 4.44. The number of aryl methyl sites for hydroxylation is 3. The molecule has 1 atom stereocenters. The Morgan fingerprint density at radius 3 is 2.21 bits per heavy atom. The molecule has 2 N–H and O–H groups in total. The highest BCUT2D eigenvalue weighted by atomic mass is 32.2. The van der Waals surface area contributed by atoms with Gasteiger partial charge in [0.05, 0.1) is 16.9 Å². The fraction of sp³-hybridized carbons (Fsp3) is 0.136. The summed E-state index contributed by atoms with van der Waals surface area (Å²) < 4.78 is 23.0. The molecule has 3 aromatic carbocycles. The van der Waals surface area contributed by atoms with Crippen LogP contribution in [0.5, 0.6) is 0 Å². The van der Waals surface area contributed by atoms with E-state index in [1.165, 1.54) is 4.31 Å². The molecular weight excluding hydrogens is 374 g/mol. The lowest BCUT2D eigenvalue weighted by Crippen LogP contribution is -2.19. The lowest BCUT2D eigenvalue weighted by molar-refractivity contribution is 0.0696. The highest BCUT2D eigenvalue weighted by molar-refractivity contribution is 7.81. The number of carboxylic acids is 1. The minimum Gasteiger partial charge on any atom is -0.478 e. The van der Waals surface area contributed by atoms with E-state index in [1.807, 2.05) is 55.5 Å². The molecule has 0 aliphatic heterocycles. The smallest absolute Gasteiger partial charge is 0.335 e. The molecule has 3 rings (SSSR count). The molecule has 0 spiro atoms. The Morgan fingerprint density at radius 2 is 1.57 bits per heavy atom. The largest absolute Gasteiger partial charge is 0.478 e. The molecule has 0 amide bonds. The SMILES string of the molecule is Cc1cccc(N(c2ccc(CCc3cccc(C(=O)O)c3)cc2)S(=O)O)c1. The van der Waals surface area contributed by atoms with Crippen molar-refractivity contribution < 1.29 is 18.7 Å². The van der Waals surface area contributed by atoms with Gasteiger partial charge in [-0.3, -0.25) is 4.55 Å². The summed E-state index contributed by atoms with van der Waals surface area (Å²) >= 11 is -2.18. The van der Waals surface area contributed by atoms with Gasteiger partial charge in [0.15, 0.2) is 0 Å². The minimum absolute atomic E-state index is 0.284. The van der Waals surface area contributed by atoms with E-state index >= 15 is 0 Å². The monoisotopic (exact) mass is 395 g/mol. The standard InChI is InChI=1S/C22H21NO4S/c1-16-4-2-7-21(14-16)23(28(26)27)20-12-10-17(11-13-20)8-9-18-5-3-6-19(15-18)22(24)25/h2-7,10-15H,8-9H2,1H3,(H,24,25)(H,26,27). The molecule has 0 fully saturated rings. The molecular formula is C22H21NO4S. The number of hydrogen-bond acceptors (Lipinski definition) is 2. The second-order valence-electron chi connectivity index (χ2n) is 6.54. The zero-order valence-corrected chi connectivity index (χ0v) is 16.2. The Balaban J connectivity index is 1.74. The fourth-order valence-electron chi connectivity index (χ4n) is 3.03. The van der Waals surface area contributed by atoms with Crippen molar-refractivity contribution in [1.29, 1.82) is 0 Å². The first-order valence-corrected chi connectivity index (χ1v) is 9.89. The van der Waals surface area contributed by atoms with Crippen LogP contribution in [0.25, 0.3) is 0 Å². The second kappa shape index (κ2) is 8.82. The van der Waals surface area contributed by atoms with Crippen molar-refractivity contribution in [3.05, 3.63) is 95.1 Å². The summed E-state index contributed by atoms with van der Waals surface area (Å²) in [4.78, 5) is 11.1. The van der Waals surface area contributed by atoms with E-state index in [2.05, 4.69) is 0 Å². The molecule has 0 saturated heterocycles. The van der Waals surface area contributed by atoms with Gasteiger partial charge in [-0.15, -0.1) is 0 Å². The molecule has 6 heteroatoms. The quantitative estimate of drug-likeness (QED) is 0.566. The van der Waals surface area contributed by atoms with E-state index in [9.17, 15) is 13.6 Å². The van der Waals surface area contributed by atoms with Crippen molar-refractivity contribution in [1.82, 2.24) is 0 Å². The molecule has 0 radical (unpaired) electrons. The molecule has 28 heavy (non-hydrogen) atoms. The summed E-state index contributed by atoms with van der Waals surface area (Å²) in [6.45, 7) is 1.93. The highest BCUT2D eigenvalue weighted by Gasteiger charge is 2.15. The number of carboxylic acid groups (broad SMARTS) is 1. The minimum atomic E-state index is -2.18. The lowest BCUT2D eigenvalue weighted by Gasteiger charge is -2.20. The first-order chi connectivity index (χ1) is 13.4. The number of hydrogen-bond donors (Lipinski definition) is 2. The Bertz CT molecular complexity index is 1000. The van der Waals surface area contributed by atoms with Gasteiger partial charge in [-0.1, -0.05) is 36.4 Å². The Hall–Kier alpha value is -2.96. The van der Waals surface area contributed by atoms with Crippen LogP contribution in [-0.4, -0.2) is 19.8 Å². The van der Waals surface area contributed by atoms with Crippen LogP contribution < -0.4 is 4.31 Å². The van der Waals surface area contributed by atoms with Crippen molar-refractivity contribution in [2.24, 2.45) is 0 Å². The van der Waals surface area contributed by atoms with E-state index in [1.54, 1.807) is 24.3 Å². The average molecular weight is 395 g/mol. The van der Waals surface area contributed by atoms with Crippen LogP contribution in [0, 0.1) is 6.92 Å². The van der Waals surface area contributed by atoms with Gasteiger partial charge in [0, 0.05) is 0 Å². The number of benzene rings is 3. The van der Waals surface area contributed by atoms with Gasteiger partial charge in [0.2, 0.25) is 0 Å². The zero-order chi connectivity index (χ0) is 20.1. The maximum atomic E-state index is 11.9. The summed E-state index contributed by atoms with van der Waals surface area (Å²) in [5.41, 5.74) is 4.60.